The molecule has 0 saturated carbocycles. The lowest BCUT2D eigenvalue weighted by molar-refractivity contribution is -0.151. The number of benzene rings is 4. The smallest absolute Gasteiger partial charge is 0.326 e. The Morgan fingerprint density at radius 2 is 1.26 bits per heavy atom. The van der Waals surface area contributed by atoms with Crippen molar-refractivity contribution in [2.75, 3.05) is 26.4 Å². The largest absolute Gasteiger partial charge is 0.480 e. The fourth-order valence-electron chi connectivity index (χ4n) is 8.13. The molecule has 0 aromatic heterocycles. The van der Waals surface area contributed by atoms with Gasteiger partial charge in [-0.15, -0.1) is 11.8 Å². The van der Waals surface area contributed by atoms with Crippen LogP contribution in [0.15, 0.2) is 126 Å². The number of nitrogens with one attached hydrogen (secondary N) is 3. The Labute approximate surface area is 393 Å². The molecule has 0 spiro atoms. The number of nitrogens with zero attached hydrogens (tertiary/aromatic N) is 2. The Morgan fingerprint density at radius 1 is 0.758 bits per heavy atom. The van der Waals surface area contributed by atoms with Gasteiger partial charge in [0.05, 0.1) is 16.8 Å². The Morgan fingerprint density at radius 3 is 1.71 bits per heavy atom. The third kappa shape index (κ3) is 14.6. The molecule has 4 aromatic rings. The first-order chi connectivity index (χ1) is 31.6. The number of aliphatic imine (C=N–C) groups is 1. The van der Waals surface area contributed by atoms with Gasteiger partial charge in [-0.1, -0.05) is 142 Å². The van der Waals surface area contributed by atoms with Crippen LogP contribution in [0.2, 0.25) is 0 Å². The van der Waals surface area contributed by atoms with Crippen LogP contribution in [-0.2, 0) is 39.9 Å². The van der Waals surface area contributed by atoms with E-state index in [1.54, 1.807) is 52.1 Å². The third-order valence-electron chi connectivity index (χ3n) is 11.8. The normalized spacial score (nSPS) is 14.0. The minimum atomic E-state index is -1.16. The van der Waals surface area contributed by atoms with E-state index in [1.807, 2.05) is 60.7 Å². The number of carbonyl (C=O) groups is 6. The zero-order valence-electron chi connectivity index (χ0n) is 38.9. The molecule has 0 saturated heterocycles. The molecule has 4 aromatic carbocycles. The van der Waals surface area contributed by atoms with Crippen molar-refractivity contribution < 1.29 is 33.9 Å². The van der Waals surface area contributed by atoms with E-state index >= 15 is 0 Å². The summed E-state index contributed by atoms with van der Waals surface area (Å²) in [4.78, 5) is 87.2. The SMILES string of the molecule is CC[C@H](CC(=O)[C@@H](NC(=O)[C@H](CCCNC(N)=NC)CC(=O)[C@H](CSC(c1ccccc1)(c1ccccc1)c1ccccc1)NC(C)=O)C(C)C)C(=O)N(C)[C@@H](Cc1ccccc1)C(=O)O. The average molecular weight is 919 g/mol. The number of Topliss-reactive ketones (excluding diaryl/α,β-unsaturated/α-hetero) is 2. The molecule has 14 heteroatoms. The lowest BCUT2D eigenvalue weighted by Gasteiger charge is -2.36. The Kier molecular flexibility index (Phi) is 20.6. The molecule has 6 N–H and O–H groups in total. The lowest BCUT2D eigenvalue weighted by Crippen LogP contribution is -2.50. The van der Waals surface area contributed by atoms with E-state index in [2.05, 4.69) is 57.3 Å². The monoisotopic (exact) mass is 918 g/mol. The summed E-state index contributed by atoms with van der Waals surface area (Å²) in [6, 6.07) is 35.9. The number of likely N-dealkylation sites (N-methyl/N-ethyl adjacent to an activating group) is 1. The van der Waals surface area contributed by atoms with E-state index < -0.39 is 58.4 Å². The highest BCUT2D eigenvalue weighted by atomic mass is 32.2. The van der Waals surface area contributed by atoms with Gasteiger partial charge in [-0.05, 0) is 47.4 Å². The topological polar surface area (TPSA) is 200 Å². The zero-order valence-corrected chi connectivity index (χ0v) is 39.8. The number of hydrogen-bond donors (Lipinski definition) is 5. The third-order valence-corrected chi connectivity index (χ3v) is 13.5. The highest BCUT2D eigenvalue weighted by molar-refractivity contribution is 8.00. The van der Waals surface area contributed by atoms with Crippen LogP contribution in [0.1, 0.15) is 82.1 Å². The second kappa shape index (κ2) is 26.0. The first kappa shape index (κ1) is 52.3. The van der Waals surface area contributed by atoms with Crippen LogP contribution in [0.3, 0.4) is 0 Å². The van der Waals surface area contributed by atoms with Crippen molar-refractivity contribution in [1.29, 1.82) is 0 Å². The Hall–Kier alpha value is -6.28. The minimum Gasteiger partial charge on any atom is -0.480 e. The van der Waals surface area contributed by atoms with Gasteiger partial charge in [-0.25, -0.2) is 4.79 Å². The number of carboxylic acids is 1. The highest BCUT2D eigenvalue weighted by Gasteiger charge is 2.40. The number of hydrogen-bond acceptors (Lipinski definition) is 8. The number of nitrogens with two attached hydrogens (primary N) is 1. The molecule has 0 radical (unpaired) electrons. The van der Waals surface area contributed by atoms with Gasteiger partial charge in [0.15, 0.2) is 17.5 Å². The summed E-state index contributed by atoms with van der Waals surface area (Å²) in [5, 5.41) is 18.9. The van der Waals surface area contributed by atoms with Crippen molar-refractivity contribution in [3.63, 3.8) is 0 Å². The summed E-state index contributed by atoms with van der Waals surface area (Å²) in [7, 11) is 2.99. The van der Waals surface area contributed by atoms with Gasteiger partial charge in [-0.2, -0.15) is 0 Å². The summed E-state index contributed by atoms with van der Waals surface area (Å²) in [6.45, 7) is 7.06. The summed E-state index contributed by atoms with van der Waals surface area (Å²) >= 11 is 1.52. The second-order valence-corrected chi connectivity index (χ2v) is 18.1. The number of rotatable bonds is 26. The second-order valence-electron chi connectivity index (χ2n) is 16.9. The van der Waals surface area contributed by atoms with Gasteiger partial charge in [0.25, 0.3) is 0 Å². The molecule has 352 valence electrons. The summed E-state index contributed by atoms with van der Waals surface area (Å²) in [6.07, 6.45) is 0.562. The highest BCUT2D eigenvalue weighted by Crippen LogP contribution is 2.48. The number of amides is 3. The molecule has 0 fully saturated rings. The van der Waals surface area contributed by atoms with Crippen LogP contribution >= 0.6 is 11.8 Å². The van der Waals surface area contributed by atoms with Crippen LogP contribution in [0.4, 0.5) is 0 Å². The van der Waals surface area contributed by atoms with E-state index in [-0.39, 0.29) is 61.3 Å². The lowest BCUT2D eigenvalue weighted by atomic mass is 9.84. The van der Waals surface area contributed by atoms with Crippen molar-refractivity contribution in [1.82, 2.24) is 20.9 Å². The molecule has 3 amide bonds. The number of ketones is 2. The molecule has 0 aliphatic heterocycles. The molecule has 0 unspecified atom stereocenters. The number of carboxylic acid groups (broad SMARTS) is 1. The van der Waals surface area contributed by atoms with Crippen molar-refractivity contribution in [3.8, 4) is 0 Å². The average Bonchev–Trinajstić information content (AvgIpc) is 3.32. The molecule has 0 aliphatic rings. The van der Waals surface area contributed by atoms with Crippen molar-refractivity contribution in [3.05, 3.63) is 144 Å². The summed E-state index contributed by atoms with van der Waals surface area (Å²) in [5.41, 5.74) is 9.58. The van der Waals surface area contributed by atoms with Crippen LogP contribution in [-0.4, -0.2) is 95.7 Å². The molecule has 0 bridgehead atoms. The number of carbonyl (C=O) groups excluding carboxylic acids is 5. The zero-order chi connectivity index (χ0) is 48.2. The maximum absolute atomic E-state index is 14.6. The van der Waals surface area contributed by atoms with Crippen LogP contribution in [0.25, 0.3) is 0 Å². The number of aliphatic carboxylic acids is 1. The molecule has 0 aliphatic carbocycles. The van der Waals surface area contributed by atoms with Crippen LogP contribution in [0.5, 0.6) is 0 Å². The van der Waals surface area contributed by atoms with Gasteiger partial charge in [-0.3, -0.25) is 29.0 Å². The predicted octanol–water partition coefficient (Wildman–Crippen LogP) is 6.39. The Balaban J connectivity index is 1.60. The van der Waals surface area contributed by atoms with Gasteiger partial charge >= 0.3 is 5.97 Å². The van der Waals surface area contributed by atoms with Crippen molar-refractivity contribution >= 4 is 53.0 Å². The van der Waals surface area contributed by atoms with Crippen molar-refractivity contribution in [2.45, 2.75) is 89.1 Å². The predicted molar refractivity (Wildman–Crippen MR) is 262 cm³/mol. The van der Waals surface area contributed by atoms with Crippen LogP contribution < -0.4 is 21.7 Å². The minimum absolute atomic E-state index is 0.0936. The van der Waals surface area contributed by atoms with E-state index in [0.29, 0.717) is 13.0 Å². The van der Waals surface area contributed by atoms with Crippen LogP contribution in [0, 0.1) is 17.8 Å². The Bertz CT molecular complexity index is 2130. The molecule has 5 atom stereocenters. The summed E-state index contributed by atoms with van der Waals surface area (Å²) < 4.78 is -0.780. The fraction of sp³-hybridized carbons (Fsp3) is 0.404. The standard InChI is InChI=1S/C52H66N6O7S/c1-7-38(49(63)58(6)44(50(64)65)31-37-21-12-8-13-22-37)32-46(61)47(35(2)3)57-48(62)39(23-20-30-55-51(53)54-5)33-45(60)43(56-36(4)59)34-66-52(40-24-14-9-15-25-40,41-26-16-10-17-27-41)42-28-18-11-19-29-42/h8-19,21-22,24-29,35,38-39,43-44,47H,7,20,23,30-34H2,1-6H3,(H,56,59)(H,57,62)(H,64,65)(H3,53,54,55)/t38-,39-,43+,44+,47+/m1/s1. The number of guanidine groups is 1. The van der Waals surface area contributed by atoms with Crippen molar-refractivity contribution in [2.24, 2.45) is 28.5 Å². The maximum atomic E-state index is 14.6. The molecular weight excluding hydrogens is 853 g/mol. The van der Waals surface area contributed by atoms with Gasteiger partial charge in [0.2, 0.25) is 17.7 Å². The molecule has 13 nitrogen and oxygen atoms in total. The molecule has 0 heterocycles. The summed E-state index contributed by atoms with van der Waals surface area (Å²) in [5.74, 6) is -5.02. The first-order valence-corrected chi connectivity index (χ1v) is 23.5. The first-order valence-electron chi connectivity index (χ1n) is 22.6. The fourth-order valence-corrected chi connectivity index (χ4v) is 9.72. The van der Waals surface area contributed by atoms with E-state index in [1.165, 1.54) is 30.6 Å². The quantitative estimate of drug-likeness (QED) is 0.0204. The van der Waals surface area contributed by atoms with E-state index in [4.69, 9.17) is 5.73 Å². The molecular formula is C52H66N6O7S. The van der Waals surface area contributed by atoms with Gasteiger partial charge in [0.1, 0.15) is 6.04 Å². The maximum Gasteiger partial charge on any atom is 0.326 e. The van der Waals surface area contributed by atoms with E-state index in [0.717, 1.165) is 22.3 Å². The van der Waals surface area contributed by atoms with Gasteiger partial charge < -0.3 is 31.7 Å². The van der Waals surface area contributed by atoms with E-state index in [9.17, 15) is 33.9 Å². The molecule has 66 heavy (non-hydrogen) atoms. The number of thioether (sulfide) groups is 1. The van der Waals surface area contributed by atoms with Gasteiger partial charge in [0, 0.05) is 64.4 Å². The molecule has 4 rings (SSSR count).